The van der Waals surface area contributed by atoms with Crippen molar-refractivity contribution in [3.8, 4) is 0 Å². The number of urea groups is 1. The maximum absolute atomic E-state index is 12.3. The maximum atomic E-state index is 12.3. The average Bonchev–Trinajstić information content (AvgIpc) is 2.88. The molecule has 2 aliphatic rings. The number of piperazine rings is 1. The van der Waals surface area contributed by atoms with Gasteiger partial charge in [-0.1, -0.05) is 0 Å². The Bertz CT molecular complexity index is 483. The zero-order valence-electron chi connectivity index (χ0n) is 11.8. The number of alkyl halides is 3. The van der Waals surface area contributed by atoms with Crippen LogP contribution in [0.15, 0.2) is 0 Å². The molecule has 1 atom stereocenters. The van der Waals surface area contributed by atoms with Crippen molar-refractivity contribution in [3.05, 3.63) is 0 Å². The summed E-state index contributed by atoms with van der Waals surface area (Å²) in [7, 11) is 0. The van der Waals surface area contributed by atoms with Gasteiger partial charge >= 0.3 is 12.2 Å². The molecule has 0 aliphatic carbocycles. The van der Waals surface area contributed by atoms with Crippen LogP contribution in [0.25, 0.3) is 0 Å². The van der Waals surface area contributed by atoms with E-state index in [2.05, 4.69) is 0 Å². The van der Waals surface area contributed by atoms with E-state index in [0.29, 0.717) is 24.3 Å². The molecule has 0 saturated carbocycles. The second-order valence-corrected chi connectivity index (χ2v) is 5.38. The van der Waals surface area contributed by atoms with Crippen molar-refractivity contribution in [2.75, 3.05) is 32.7 Å². The van der Waals surface area contributed by atoms with Gasteiger partial charge in [0.2, 0.25) is 11.8 Å². The van der Waals surface area contributed by atoms with E-state index in [4.69, 9.17) is 5.73 Å². The summed E-state index contributed by atoms with van der Waals surface area (Å²) in [5.74, 6) is -1.18. The molecule has 0 aromatic heterocycles. The monoisotopic (exact) mass is 322 g/mol. The fourth-order valence-corrected chi connectivity index (χ4v) is 2.78. The van der Waals surface area contributed by atoms with Crippen molar-refractivity contribution in [1.82, 2.24) is 14.7 Å². The molecular formula is C12H17F3N4O3. The largest absolute Gasteiger partial charge is 0.406 e. The van der Waals surface area contributed by atoms with Crippen LogP contribution in [-0.2, 0) is 9.59 Å². The smallest absolute Gasteiger partial charge is 0.351 e. The van der Waals surface area contributed by atoms with E-state index >= 15 is 0 Å². The third kappa shape index (κ3) is 3.60. The lowest BCUT2D eigenvalue weighted by atomic mass is 10.1. The molecule has 0 bridgehead atoms. The SMILES string of the molecule is NC(=O)N1CCC[C@H]1C(=O)N1CCN(CC(F)(F)F)C(=O)C1. The molecule has 0 aromatic rings. The number of likely N-dealkylation sites (tertiary alicyclic amines) is 1. The molecule has 0 spiro atoms. The van der Waals surface area contributed by atoms with E-state index in [0.717, 1.165) is 0 Å². The maximum Gasteiger partial charge on any atom is 0.406 e. The van der Waals surface area contributed by atoms with E-state index in [-0.39, 0.29) is 13.1 Å². The lowest BCUT2D eigenvalue weighted by Gasteiger charge is -2.36. The van der Waals surface area contributed by atoms with Crippen LogP contribution in [0.5, 0.6) is 0 Å². The van der Waals surface area contributed by atoms with Crippen LogP contribution in [0.4, 0.5) is 18.0 Å². The Labute approximate surface area is 124 Å². The van der Waals surface area contributed by atoms with Crippen LogP contribution in [0.3, 0.4) is 0 Å². The van der Waals surface area contributed by atoms with Gasteiger partial charge in [0.25, 0.3) is 0 Å². The molecule has 0 aromatic carbocycles. The number of carbonyl (C=O) groups is 3. The number of halogens is 3. The predicted molar refractivity (Wildman–Crippen MR) is 68.5 cm³/mol. The third-order valence-electron chi connectivity index (χ3n) is 3.82. The van der Waals surface area contributed by atoms with Gasteiger partial charge in [-0.05, 0) is 12.8 Å². The number of nitrogens with zero attached hydrogens (tertiary/aromatic N) is 3. The minimum Gasteiger partial charge on any atom is -0.351 e. The van der Waals surface area contributed by atoms with Crippen LogP contribution >= 0.6 is 0 Å². The van der Waals surface area contributed by atoms with E-state index in [1.807, 2.05) is 0 Å². The summed E-state index contributed by atoms with van der Waals surface area (Å²) in [4.78, 5) is 38.4. The summed E-state index contributed by atoms with van der Waals surface area (Å²) in [6.45, 7) is -1.51. The Morgan fingerprint density at radius 2 is 1.91 bits per heavy atom. The first-order chi connectivity index (χ1) is 10.2. The van der Waals surface area contributed by atoms with E-state index in [9.17, 15) is 27.6 Å². The Morgan fingerprint density at radius 3 is 2.45 bits per heavy atom. The van der Waals surface area contributed by atoms with Gasteiger partial charge in [-0.15, -0.1) is 0 Å². The summed E-state index contributed by atoms with van der Waals surface area (Å²) < 4.78 is 37.0. The lowest BCUT2D eigenvalue weighted by molar-refractivity contribution is -0.168. The van der Waals surface area contributed by atoms with Crippen molar-refractivity contribution in [2.45, 2.75) is 25.1 Å². The Hall–Kier alpha value is -2.00. The van der Waals surface area contributed by atoms with Crippen molar-refractivity contribution in [3.63, 3.8) is 0 Å². The molecule has 0 unspecified atom stereocenters. The predicted octanol–water partition coefficient (Wildman–Crippen LogP) is -0.237. The van der Waals surface area contributed by atoms with E-state index in [1.165, 1.54) is 9.80 Å². The topological polar surface area (TPSA) is 86.9 Å². The number of primary amides is 1. The highest BCUT2D eigenvalue weighted by atomic mass is 19.4. The van der Waals surface area contributed by atoms with Crippen LogP contribution in [0.1, 0.15) is 12.8 Å². The third-order valence-corrected chi connectivity index (χ3v) is 3.82. The first-order valence-corrected chi connectivity index (χ1v) is 6.88. The molecule has 7 nitrogen and oxygen atoms in total. The van der Waals surface area contributed by atoms with Gasteiger partial charge in [-0.25, -0.2) is 4.79 Å². The number of amides is 4. The zero-order chi connectivity index (χ0) is 16.5. The normalized spacial score (nSPS) is 23.1. The first-order valence-electron chi connectivity index (χ1n) is 6.88. The van der Waals surface area contributed by atoms with Crippen molar-refractivity contribution in [2.24, 2.45) is 5.73 Å². The highest BCUT2D eigenvalue weighted by Crippen LogP contribution is 2.21. The summed E-state index contributed by atoms with van der Waals surface area (Å²) in [6, 6.07) is -1.43. The summed E-state index contributed by atoms with van der Waals surface area (Å²) >= 11 is 0. The Balaban J connectivity index is 1.97. The molecule has 124 valence electrons. The number of carbonyl (C=O) groups excluding carboxylic acids is 3. The summed E-state index contributed by atoms with van der Waals surface area (Å²) in [5.41, 5.74) is 5.19. The van der Waals surface area contributed by atoms with Crippen LogP contribution in [-0.4, -0.2) is 77.5 Å². The average molecular weight is 322 g/mol. The first kappa shape index (κ1) is 16.4. The van der Waals surface area contributed by atoms with E-state index in [1.54, 1.807) is 0 Å². The quantitative estimate of drug-likeness (QED) is 0.761. The fraction of sp³-hybridized carbons (Fsp3) is 0.750. The zero-order valence-corrected chi connectivity index (χ0v) is 11.8. The molecule has 2 aliphatic heterocycles. The van der Waals surface area contributed by atoms with Gasteiger partial charge in [0.1, 0.15) is 12.6 Å². The highest BCUT2D eigenvalue weighted by molar-refractivity contribution is 5.91. The summed E-state index contributed by atoms with van der Waals surface area (Å²) in [5, 5.41) is 0. The number of hydrogen-bond donors (Lipinski definition) is 1. The highest BCUT2D eigenvalue weighted by Gasteiger charge is 2.40. The lowest BCUT2D eigenvalue weighted by Crippen LogP contribution is -2.58. The molecule has 2 N–H and O–H groups in total. The summed E-state index contributed by atoms with van der Waals surface area (Å²) in [6.07, 6.45) is -3.39. The minimum absolute atomic E-state index is 0.0176. The molecule has 0 radical (unpaired) electrons. The molecule has 2 saturated heterocycles. The molecule has 2 heterocycles. The van der Waals surface area contributed by atoms with Crippen molar-refractivity contribution >= 4 is 17.8 Å². The fourth-order valence-electron chi connectivity index (χ4n) is 2.78. The van der Waals surface area contributed by atoms with Crippen molar-refractivity contribution < 1.29 is 27.6 Å². The minimum atomic E-state index is -4.46. The molecule has 2 fully saturated rings. The van der Waals surface area contributed by atoms with Crippen LogP contribution in [0, 0.1) is 0 Å². The van der Waals surface area contributed by atoms with Crippen LogP contribution in [0.2, 0.25) is 0 Å². The second-order valence-electron chi connectivity index (χ2n) is 5.38. The molecule has 10 heteroatoms. The molecule has 4 amide bonds. The molecular weight excluding hydrogens is 305 g/mol. The number of hydrogen-bond acceptors (Lipinski definition) is 3. The van der Waals surface area contributed by atoms with Gasteiger partial charge in [0.15, 0.2) is 0 Å². The number of nitrogens with two attached hydrogens (primary N) is 1. The second kappa shape index (κ2) is 6.01. The number of rotatable bonds is 2. The van der Waals surface area contributed by atoms with Gasteiger partial charge in [0.05, 0.1) is 6.54 Å². The van der Waals surface area contributed by atoms with Crippen molar-refractivity contribution in [1.29, 1.82) is 0 Å². The Morgan fingerprint density at radius 1 is 1.23 bits per heavy atom. The molecule has 22 heavy (non-hydrogen) atoms. The Kier molecular flexibility index (Phi) is 4.47. The van der Waals surface area contributed by atoms with Gasteiger partial charge in [-0.2, -0.15) is 13.2 Å². The van der Waals surface area contributed by atoms with Gasteiger partial charge in [0, 0.05) is 19.6 Å². The van der Waals surface area contributed by atoms with Gasteiger partial charge < -0.3 is 20.4 Å². The van der Waals surface area contributed by atoms with Gasteiger partial charge in [-0.3, -0.25) is 9.59 Å². The van der Waals surface area contributed by atoms with Crippen LogP contribution < -0.4 is 5.73 Å². The molecule has 2 rings (SSSR count). The van der Waals surface area contributed by atoms with E-state index < -0.39 is 43.2 Å². The standard InChI is InChI=1S/C12H17F3N4O3/c13-12(14,15)7-18-5-4-17(6-9(18)20)10(21)8-2-1-3-19(8)11(16)22/h8H,1-7H2,(H2,16,22)/t8-/m0/s1.